The molecule has 1 spiro atoms. The van der Waals surface area contributed by atoms with Crippen LogP contribution in [0.25, 0.3) is 0 Å². The quantitative estimate of drug-likeness (QED) is 0.560. The van der Waals surface area contributed by atoms with E-state index in [1.54, 1.807) is 0 Å². The molecule has 2 aliphatic rings. The molecular weight excluding hydrogens is 216 g/mol. The summed E-state index contributed by atoms with van der Waals surface area (Å²) >= 11 is 0. The molecule has 1 saturated heterocycles. The highest BCUT2D eigenvalue weighted by Gasteiger charge is 2.74. The van der Waals surface area contributed by atoms with Crippen molar-refractivity contribution in [2.75, 3.05) is 6.61 Å². The van der Waals surface area contributed by atoms with Crippen LogP contribution in [0.3, 0.4) is 0 Å². The average Bonchev–Trinajstić information content (AvgIpc) is 3.00. The standard InChI is InChI=1S/C14H24O3/c1-4-11-7-9-13(10-8-11)14(5-2,17-13)12(15)16-6-3/h11H,4-10H2,1-3H3. The second-order valence-electron chi connectivity index (χ2n) is 5.35. The smallest absolute Gasteiger partial charge is 0.341 e. The minimum absolute atomic E-state index is 0.141. The van der Waals surface area contributed by atoms with E-state index in [4.69, 9.17) is 9.47 Å². The van der Waals surface area contributed by atoms with Crippen LogP contribution in [0.2, 0.25) is 0 Å². The molecule has 0 aromatic heterocycles. The van der Waals surface area contributed by atoms with Crippen molar-refractivity contribution in [1.29, 1.82) is 0 Å². The molecule has 1 aliphatic carbocycles. The normalized spacial score (nSPS) is 40.3. The van der Waals surface area contributed by atoms with Gasteiger partial charge in [0, 0.05) is 0 Å². The molecule has 2 rings (SSSR count). The first-order valence-corrected chi connectivity index (χ1v) is 7.01. The Bertz CT molecular complexity index is 292. The average molecular weight is 240 g/mol. The number of carbonyl (C=O) groups excluding carboxylic acids is 1. The molecule has 1 unspecified atom stereocenters. The molecule has 3 heteroatoms. The predicted octanol–water partition coefficient (Wildman–Crippen LogP) is 3.07. The van der Waals surface area contributed by atoms with E-state index in [1.807, 2.05) is 13.8 Å². The Kier molecular flexibility index (Phi) is 3.48. The summed E-state index contributed by atoms with van der Waals surface area (Å²) in [4.78, 5) is 12.0. The van der Waals surface area contributed by atoms with Gasteiger partial charge in [0.1, 0.15) is 5.60 Å². The van der Waals surface area contributed by atoms with Gasteiger partial charge in [0.25, 0.3) is 0 Å². The Labute approximate surface area is 104 Å². The van der Waals surface area contributed by atoms with Crippen molar-refractivity contribution in [3.8, 4) is 0 Å². The van der Waals surface area contributed by atoms with Gasteiger partial charge in [-0.3, -0.25) is 0 Å². The van der Waals surface area contributed by atoms with Crippen LogP contribution in [0, 0.1) is 5.92 Å². The largest absolute Gasteiger partial charge is 0.464 e. The van der Waals surface area contributed by atoms with Gasteiger partial charge in [-0.15, -0.1) is 0 Å². The third kappa shape index (κ3) is 1.88. The van der Waals surface area contributed by atoms with Crippen LogP contribution in [0.15, 0.2) is 0 Å². The third-order valence-electron chi connectivity index (χ3n) is 4.66. The van der Waals surface area contributed by atoms with Crippen molar-refractivity contribution in [3.05, 3.63) is 0 Å². The maximum atomic E-state index is 12.0. The Morgan fingerprint density at radius 3 is 2.41 bits per heavy atom. The van der Waals surface area contributed by atoms with Crippen LogP contribution in [0.5, 0.6) is 0 Å². The third-order valence-corrected chi connectivity index (χ3v) is 4.66. The first-order chi connectivity index (χ1) is 8.14. The molecule has 1 heterocycles. The molecule has 98 valence electrons. The van der Waals surface area contributed by atoms with Crippen LogP contribution in [-0.4, -0.2) is 23.8 Å². The van der Waals surface area contributed by atoms with Crippen LogP contribution < -0.4 is 0 Å². The summed E-state index contributed by atoms with van der Waals surface area (Å²) in [5, 5.41) is 0. The lowest BCUT2D eigenvalue weighted by atomic mass is 9.74. The molecule has 3 nitrogen and oxygen atoms in total. The zero-order valence-electron chi connectivity index (χ0n) is 11.3. The van der Waals surface area contributed by atoms with E-state index in [0.29, 0.717) is 6.61 Å². The summed E-state index contributed by atoms with van der Waals surface area (Å²) < 4.78 is 11.1. The van der Waals surface area contributed by atoms with Gasteiger partial charge in [-0.2, -0.15) is 0 Å². The van der Waals surface area contributed by atoms with Crippen molar-refractivity contribution in [3.63, 3.8) is 0 Å². The topological polar surface area (TPSA) is 38.8 Å². The highest BCUT2D eigenvalue weighted by Crippen LogP contribution is 2.59. The van der Waals surface area contributed by atoms with Gasteiger partial charge < -0.3 is 9.47 Å². The Morgan fingerprint density at radius 2 is 1.94 bits per heavy atom. The van der Waals surface area contributed by atoms with E-state index < -0.39 is 5.60 Å². The molecule has 1 atom stereocenters. The lowest BCUT2D eigenvalue weighted by Gasteiger charge is -2.27. The maximum absolute atomic E-state index is 12.0. The van der Waals surface area contributed by atoms with Crippen LogP contribution in [-0.2, 0) is 14.3 Å². The number of carbonyl (C=O) groups is 1. The summed E-state index contributed by atoms with van der Waals surface area (Å²) in [6, 6.07) is 0. The summed E-state index contributed by atoms with van der Waals surface area (Å²) in [6.45, 7) is 6.56. The monoisotopic (exact) mass is 240 g/mol. The van der Waals surface area contributed by atoms with Crippen LogP contribution >= 0.6 is 0 Å². The first-order valence-electron chi connectivity index (χ1n) is 7.01. The van der Waals surface area contributed by atoms with Gasteiger partial charge in [-0.05, 0) is 44.9 Å². The van der Waals surface area contributed by atoms with E-state index >= 15 is 0 Å². The van der Waals surface area contributed by atoms with Crippen LogP contribution in [0.1, 0.15) is 59.3 Å². The van der Waals surface area contributed by atoms with Crippen LogP contribution in [0.4, 0.5) is 0 Å². The fourth-order valence-electron chi connectivity index (χ4n) is 3.38. The van der Waals surface area contributed by atoms with Gasteiger partial charge in [0.2, 0.25) is 0 Å². The van der Waals surface area contributed by atoms with Gasteiger partial charge in [-0.25, -0.2) is 4.79 Å². The molecule has 0 N–H and O–H groups in total. The van der Waals surface area contributed by atoms with E-state index in [2.05, 4.69) is 6.92 Å². The molecule has 1 saturated carbocycles. The Morgan fingerprint density at radius 1 is 1.29 bits per heavy atom. The van der Waals surface area contributed by atoms with Gasteiger partial charge in [0.15, 0.2) is 5.60 Å². The van der Waals surface area contributed by atoms with E-state index in [9.17, 15) is 4.79 Å². The zero-order chi connectivity index (χ0) is 12.5. The number of hydrogen-bond acceptors (Lipinski definition) is 3. The van der Waals surface area contributed by atoms with E-state index in [0.717, 1.165) is 25.2 Å². The molecule has 17 heavy (non-hydrogen) atoms. The molecule has 1 aliphatic heterocycles. The zero-order valence-corrected chi connectivity index (χ0v) is 11.3. The summed E-state index contributed by atoms with van der Waals surface area (Å²) in [6.07, 6.45) is 6.42. The maximum Gasteiger partial charge on any atom is 0.341 e. The fraction of sp³-hybridized carbons (Fsp3) is 0.929. The molecule has 0 aromatic rings. The number of hydrogen-bond donors (Lipinski definition) is 0. The first kappa shape index (κ1) is 12.9. The summed E-state index contributed by atoms with van der Waals surface area (Å²) in [5.41, 5.74) is -0.790. The minimum atomic E-state index is -0.609. The number of ether oxygens (including phenoxy) is 2. The number of rotatable bonds is 4. The molecule has 0 bridgehead atoms. The highest BCUT2D eigenvalue weighted by atomic mass is 16.7. The van der Waals surface area contributed by atoms with Gasteiger partial charge in [-0.1, -0.05) is 20.3 Å². The predicted molar refractivity (Wildman–Crippen MR) is 65.7 cm³/mol. The molecule has 2 fully saturated rings. The molecule has 0 amide bonds. The molecule has 0 aromatic carbocycles. The summed E-state index contributed by atoms with van der Waals surface area (Å²) in [7, 11) is 0. The number of esters is 1. The SMILES string of the molecule is CCOC(=O)C1(CC)OC12CCC(CC)CC2. The van der Waals surface area contributed by atoms with Gasteiger partial charge >= 0.3 is 5.97 Å². The lowest BCUT2D eigenvalue weighted by molar-refractivity contribution is -0.149. The van der Waals surface area contributed by atoms with Gasteiger partial charge in [0.05, 0.1) is 6.61 Å². The second-order valence-corrected chi connectivity index (χ2v) is 5.35. The van der Waals surface area contributed by atoms with E-state index in [1.165, 1.54) is 19.3 Å². The lowest BCUT2D eigenvalue weighted by Crippen LogP contribution is -2.37. The minimum Gasteiger partial charge on any atom is -0.464 e. The fourth-order valence-corrected chi connectivity index (χ4v) is 3.38. The van der Waals surface area contributed by atoms with Crippen molar-refractivity contribution in [1.82, 2.24) is 0 Å². The Hall–Kier alpha value is -0.570. The summed E-state index contributed by atoms with van der Waals surface area (Å²) in [5.74, 6) is 0.680. The van der Waals surface area contributed by atoms with Crippen molar-refractivity contribution < 1.29 is 14.3 Å². The number of epoxide rings is 1. The highest BCUT2D eigenvalue weighted by molar-refractivity contribution is 5.85. The molecular formula is C14H24O3. The molecule has 0 radical (unpaired) electrons. The van der Waals surface area contributed by atoms with Crippen molar-refractivity contribution >= 4 is 5.97 Å². The Balaban J connectivity index is 2.03. The van der Waals surface area contributed by atoms with Crippen molar-refractivity contribution in [2.24, 2.45) is 5.92 Å². The van der Waals surface area contributed by atoms with E-state index in [-0.39, 0.29) is 11.6 Å². The second kappa shape index (κ2) is 4.60. The van der Waals surface area contributed by atoms with Crippen molar-refractivity contribution in [2.45, 2.75) is 70.5 Å².